The van der Waals surface area contributed by atoms with E-state index in [0.29, 0.717) is 32.9 Å². The molecule has 1 aromatic heterocycles. The Kier molecular flexibility index (Phi) is 5.47. The fourth-order valence-electron chi connectivity index (χ4n) is 1.97. The van der Waals surface area contributed by atoms with Crippen LogP contribution < -0.4 is 4.74 Å². The maximum Gasteiger partial charge on any atom is 0.239 e. The van der Waals surface area contributed by atoms with Gasteiger partial charge in [0.1, 0.15) is 0 Å². The second kappa shape index (κ2) is 6.95. The number of aromatic nitrogens is 2. The minimum absolute atomic E-state index is 0.338. The van der Waals surface area contributed by atoms with Gasteiger partial charge in [-0.05, 0) is 36.1 Å². The number of nitrogens with zero attached hydrogens (tertiary/aromatic N) is 2. The van der Waals surface area contributed by atoms with Crippen molar-refractivity contribution in [3.63, 3.8) is 0 Å². The van der Waals surface area contributed by atoms with E-state index in [0.717, 1.165) is 16.8 Å². The smallest absolute Gasteiger partial charge is 0.239 e. The molecule has 0 aliphatic heterocycles. The van der Waals surface area contributed by atoms with Gasteiger partial charge in [-0.1, -0.05) is 53.0 Å². The molecule has 2 aromatic rings. The van der Waals surface area contributed by atoms with Gasteiger partial charge in [-0.3, -0.25) is 0 Å². The maximum atomic E-state index is 6.22. The van der Waals surface area contributed by atoms with Gasteiger partial charge in [0, 0.05) is 11.4 Å². The summed E-state index contributed by atoms with van der Waals surface area (Å²) in [6.07, 6.45) is 0. The summed E-state index contributed by atoms with van der Waals surface area (Å²) < 4.78 is 5.73. The fraction of sp³-hybridized carbons (Fsp3) is 0.333. The average Bonchev–Trinajstić information content (AvgIpc) is 2.43. The van der Waals surface area contributed by atoms with E-state index in [4.69, 9.17) is 27.9 Å². The lowest BCUT2D eigenvalue weighted by Crippen LogP contribution is -2.00. The van der Waals surface area contributed by atoms with Gasteiger partial charge in [-0.2, -0.15) is 5.10 Å². The first kappa shape index (κ1) is 16.5. The summed E-state index contributed by atoms with van der Waals surface area (Å²) in [6, 6.07) is 5.49. The Labute approximate surface area is 142 Å². The van der Waals surface area contributed by atoms with Crippen molar-refractivity contribution in [2.24, 2.45) is 0 Å². The van der Waals surface area contributed by atoms with Gasteiger partial charge in [0.15, 0.2) is 5.75 Å². The van der Waals surface area contributed by atoms with E-state index in [-0.39, 0.29) is 0 Å². The van der Waals surface area contributed by atoms with Crippen molar-refractivity contribution in [2.75, 3.05) is 0 Å². The second-order valence-corrected chi connectivity index (χ2v) is 6.38. The number of benzene rings is 1. The van der Waals surface area contributed by atoms with E-state index in [1.165, 1.54) is 0 Å². The van der Waals surface area contributed by atoms with Crippen LogP contribution in [0.2, 0.25) is 10.0 Å². The van der Waals surface area contributed by atoms with E-state index in [2.05, 4.69) is 40.0 Å². The van der Waals surface area contributed by atoms with E-state index in [1.807, 2.05) is 25.1 Å². The molecule has 0 atom stereocenters. The lowest BCUT2D eigenvalue weighted by atomic mass is 10.0. The molecule has 0 unspecified atom stereocenters. The average molecular weight is 390 g/mol. The van der Waals surface area contributed by atoms with Gasteiger partial charge in [-0.25, -0.2) is 0 Å². The molecule has 1 heterocycles. The first-order chi connectivity index (χ1) is 9.92. The summed E-state index contributed by atoms with van der Waals surface area (Å²) >= 11 is 15.8. The van der Waals surface area contributed by atoms with Crippen molar-refractivity contribution in [3.05, 3.63) is 45.1 Å². The van der Waals surface area contributed by atoms with Gasteiger partial charge in [0.25, 0.3) is 0 Å². The zero-order chi connectivity index (χ0) is 15.6. The van der Waals surface area contributed by atoms with Gasteiger partial charge < -0.3 is 4.74 Å². The van der Waals surface area contributed by atoms with Crippen LogP contribution in [0.5, 0.6) is 11.6 Å². The normalized spacial score (nSPS) is 11.0. The molecule has 112 valence electrons. The minimum Gasteiger partial charge on any atom is -0.434 e. The number of halogens is 3. The highest BCUT2D eigenvalue weighted by molar-refractivity contribution is 9.08. The third-order valence-electron chi connectivity index (χ3n) is 3.04. The lowest BCUT2D eigenvalue weighted by Gasteiger charge is -2.13. The molecule has 0 amide bonds. The maximum absolute atomic E-state index is 6.22. The monoisotopic (exact) mass is 388 g/mol. The van der Waals surface area contributed by atoms with Crippen LogP contribution >= 0.6 is 39.1 Å². The van der Waals surface area contributed by atoms with Crippen molar-refractivity contribution >= 4 is 39.1 Å². The molecule has 3 nitrogen and oxygen atoms in total. The number of alkyl halides is 1. The molecule has 0 radical (unpaired) electrons. The van der Waals surface area contributed by atoms with Gasteiger partial charge in [0.05, 0.1) is 15.7 Å². The minimum atomic E-state index is 0.338. The van der Waals surface area contributed by atoms with Crippen molar-refractivity contribution in [1.29, 1.82) is 0 Å². The largest absolute Gasteiger partial charge is 0.434 e. The summed E-state index contributed by atoms with van der Waals surface area (Å²) in [5, 5.41) is 9.74. The third-order valence-corrected chi connectivity index (χ3v) is 4.25. The lowest BCUT2D eigenvalue weighted by molar-refractivity contribution is 0.453. The predicted molar refractivity (Wildman–Crippen MR) is 90.0 cm³/mol. The van der Waals surface area contributed by atoms with Crippen LogP contribution in [0.4, 0.5) is 0 Å². The summed E-state index contributed by atoms with van der Waals surface area (Å²) in [4.78, 5) is 0. The molecule has 0 bridgehead atoms. The number of hydrogen-bond donors (Lipinski definition) is 0. The van der Waals surface area contributed by atoms with Gasteiger partial charge in [-0.15, -0.1) is 5.10 Å². The molecule has 1 aromatic carbocycles. The van der Waals surface area contributed by atoms with Crippen LogP contribution in [-0.2, 0) is 5.33 Å². The van der Waals surface area contributed by atoms with Crippen LogP contribution in [0.25, 0.3) is 0 Å². The first-order valence-electron chi connectivity index (χ1n) is 6.48. The topological polar surface area (TPSA) is 35.0 Å². The molecule has 0 aliphatic carbocycles. The fourth-order valence-corrected chi connectivity index (χ4v) is 2.91. The molecule has 0 aliphatic rings. The van der Waals surface area contributed by atoms with E-state index in [9.17, 15) is 0 Å². The molecule has 21 heavy (non-hydrogen) atoms. The Balaban J connectivity index is 2.37. The molecular weight excluding hydrogens is 375 g/mol. The Morgan fingerprint density at radius 2 is 1.76 bits per heavy atom. The van der Waals surface area contributed by atoms with Crippen LogP contribution in [0.1, 0.15) is 36.6 Å². The molecule has 2 rings (SSSR count). The zero-order valence-electron chi connectivity index (χ0n) is 12.0. The van der Waals surface area contributed by atoms with Gasteiger partial charge >= 0.3 is 0 Å². The highest BCUT2D eigenvalue weighted by Crippen LogP contribution is 2.37. The van der Waals surface area contributed by atoms with Crippen molar-refractivity contribution in [2.45, 2.75) is 32.0 Å². The number of rotatable bonds is 4. The first-order valence-corrected chi connectivity index (χ1v) is 8.36. The SMILES string of the molecule is Cc1nnc(Oc2c(Cl)cc(CBr)cc2Cl)cc1C(C)C. The number of aryl methyl sites for hydroxylation is 1. The van der Waals surface area contributed by atoms with E-state index >= 15 is 0 Å². The number of hydrogen-bond acceptors (Lipinski definition) is 3. The van der Waals surface area contributed by atoms with E-state index < -0.39 is 0 Å². The summed E-state index contributed by atoms with van der Waals surface area (Å²) in [7, 11) is 0. The summed E-state index contributed by atoms with van der Waals surface area (Å²) in [5.74, 6) is 1.13. The molecule has 0 saturated carbocycles. The standard InChI is InChI=1S/C15H15BrCl2N2O/c1-8(2)11-6-14(20-19-9(11)3)21-15-12(17)4-10(7-16)5-13(15)18/h4-6,8H,7H2,1-3H3. The predicted octanol–water partition coefficient (Wildman–Crippen LogP) is 5.90. The highest BCUT2D eigenvalue weighted by atomic mass is 79.9. The van der Waals surface area contributed by atoms with E-state index in [1.54, 1.807) is 0 Å². The van der Waals surface area contributed by atoms with Crippen LogP contribution in [0.15, 0.2) is 18.2 Å². The zero-order valence-corrected chi connectivity index (χ0v) is 15.1. The molecule has 0 spiro atoms. The quantitative estimate of drug-likeness (QED) is 0.610. The Morgan fingerprint density at radius 3 is 2.29 bits per heavy atom. The molecule has 6 heteroatoms. The Bertz CT molecular complexity index is 639. The molecule has 0 N–H and O–H groups in total. The Morgan fingerprint density at radius 1 is 1.14 bits per heavy atom. The third kappa shape index (κ3) is 3.87. The van der Waals surface area contributed by atoms with Crippen LogP contribution in [0.3, 0.4) is 0 Å². The number of ether oxygens (including phenoxy) is 1. The van der Waals surface area contributed by atoms with Crippen molar-refractivity contribution in [3.8, 4) is 11.6 Å². The summed E-state index contributed by atoms with van der Waals surface area (Å²) in [5.41, 5.74) is 2.96. The van der Waals surface area contributed by atoms with Crippen LogP contribution in [0, 0.1) is 6.92 Å². The van der Waals surface area contributed by atoms with Crippen molar-refractivity contribution in [1.82, 2.24) is 10.2 Å². The summed E-state index contributed by atoms with van der Waals surface area (Å²) in [6.45, 7) is 6.12. The molecule has 0 fully saturated rings. The second-order valence-electron chi connectivity index (χ2n) is 5.00. The van der Waals surface area contributed by atoms with Gasteiger partial charge in [0.2, 0.25) is 5.88 Å². The van der Waals surface area contributed by atoms with Crippen molar-refractivity contribution < 1.29 is 4.74 Å². The van der Waals surface area contributed by atoms with Crippen LogP contribution in [-0.4, -0.2) is 10.2 Å². The highest BCUT2D eigenvalue weighted by Gasteiger charge is 2.14. The molecular formula is C15H15BrCl2N2O. The molecule has 0 saturated heterocycles. The Hall–Kier alpha value is -0.840.